The van der Waals surface area contributed by atoms with Gasteiger partial charge in [-0.3, -0.25) is 4.99 Å². The van der Waals surface area contributed by atoms with Crippen molar-refractivity contribution in [2.75, 3.05) is 14.1 Å². The van der Waals surface area contributed by atoms with Crippen LogP contribution in [0.25, 0.3) is 16.8 Å². The first-order chi connectivity index (χ1) is 15.5. The molecule has 3 nitrogen and oxygen atoms in total. The second-order valence-electron chi connectivity index (χ2n) is 7.94. The number of nitrogens with one attached hydrogen (secondary N) is 1. The monoisotopic (exact) mass is 445 g/mol. The van der Waals surface area contributed by atoms with E-state index in [2.05, 4.69) is 97.3 Å². The fourth-order valence-corrected chi connectivity index (χ4v) is 4.34. The van der Waals surface area contributed by atoms with Crippen molar-refractivity contribution < 1.29 is 0 Å². The average molecular weight is 446 g/mol. The zero-order valence-corrected chi connectivity index (χ0v) is 20.2. The second-order valence-corrected chi connectivity index (χ2v) is 8.31. The Labute approximate surface area is 197 Å². The number of aryl methyl sites for hydroxylation is 1. The van der Waals surface area contributed by atoms with Gasteiger partial charge in [-0.05, 0) is 53.4 Å². The van der Waals surface area contributed by atoms with Gasteiger partial charge in [0.05, 0.1) is 16.8 Å². The molecule has 1 atom stereocenters. The average Bonchev–Trinajstić information content (AvgIpc) is 2.84. The van der Waals surface area contributed by atoms with Crippen molar-refractivity contribution in [2.24, 2.45) is 4.99 Å². The van der Waals surface area contributed by atoms with Gasteiger partial charge in [-0.2, -0.15) is 0 Å². The molecule has 0 fully saturated rings. The molecule has 32 heavy (non-hydrogen) atoms. The van der Waals surface area contributed by atoms with Gasteiger partial charge in [0.1, 0.15) is 0 Å². The summed E-state index contributed by atoms with van der Waals surface area (Å²) in [6, 6.07) is 17.8. The van der Waals surface area contributed by atoms with E-state index in [1.165, 1.54) is 28.7 Å². The highest BCUT2D eigenvalue weighted by molar-refractivity contribution is 6.35. The van der Waals surface area contributed by atoms with E-state index in [1.807, 2.05) is 19.5 Å². The standard InChI is InChI=1S/C25H25ClN2.C3H7N/c1-4-5-18-6-8-19(9-7-18)20-10-12-21(13-11-20)25-24(26)17(2)22-16-27-15-14-23(22)28(25)3;1-3-4-2/h6-16,23H,4-5H2,1-3H3;3-4H,1H2,2H3. The van der Waals surface area contributed by atoms with Crippen LogP contribution >= 0.6 is 11.6 Å². The number of nitrogens with zero attached hydrogens (tertiary/aromatic N) is 2. The molecule has 4 rings (SSSR count). The van der Waals surface area contributed by atoms with Crippen LogP contribution in [0.3, 0.4) is 0 Å². The Hall–Kier alpha value is -3.04. The minimum Gasteiger partial charge on any atom is -0.394 e. The zero-order chi connectivity index (χ0) is 23.1. The third kappa shape index (κ3) is 5.05. The van der Waals surface area contributed by atoms with Crippen molar-refractivity contribution in [3.63, 3.8) is 0 Å². The fourth-order valence-electron chi connectivity index (χ4n) is 3.99. The molecule has 0 saturated heterocycles. The van der Waals surface area contributed by atoms with Gasteiger partial charge in [0.2, 0.25) is 0 Å². The predicted octanol–water partition coefficient (Wildman–Crippen LogP) is 6.79. The lowest BCUT2D eigenvalue weighted by Gasteiger charge is -2.37. The van der Waals surface area contributed by atoms with Crippen LogP contribution in [0.1, 0.15) is 31.4 Å². The topological polar surface area (TPSA) is 27.6 Å². The summed E-state index contributed by atoms with van der Waals surface area (Å²) in [6.45, 7) is 7.66. The first-order valence-electron chi connectivity index (χ1n) is 11.0. The Morgan fingerprint density at radius 3 is 2.19 bits per heavy atom. The highest BCUT2D eigenvalue weighted by Gasteiger charge is 2.30. The van der Waals surface area contributed by atoms with E-state index in [1.54, 1.807) is 6.20 Å². The largest absolute Gasteiger partial charge is 0.394 e. The van der Waals surface area contributed by atoms with Gasteiger partial charge in [-0.25, -0.2) is 0 Å². The maximum atomic E-state index is 6.78. The first kappa shape index (κ1) is 23.6. The molecule has 0 bridgehead atoms. The number of likely N-dealkylation sites (N-methyl/N-ethyl adjacent to an activating group) is 1. The highest BCUT2D eigenvalue weighted by Crippen LogP contribution is 2.39. The van der Waals surface area contributed by atoms with Crippen molar-refractivity contribution in [1.82, 2.24) is 10.2 Å². The van der Waals surface area contributed by atoms with Gasteiger partial charge in [0.15, 0.2) is 0 Å². The summed E-state index contributed by atoms with van der Waals surface area (Å²) in [6.07, 6.45) is 9.83. The van der Waals surface area contributed by atoms with E-state index in [9.17, 15) is 0 Å². The summed E-state index contributed by atoms with van der Waals surface area (Å²) in [4.78, 5) is 6.51. The molecule has 2 aliphatic rings. The SMILES string of the molecule is C=CNC.CCCc1ccc(-c2ccc(C3=C(Cl)C(C)=C4C=NC=CC4N3C)cc2)cc1. The lowest BCUT2D eigenvalue weighted by atomic mass is 9.91. The van der Waals surface area contributed by atoms with Crippen LogP contribution < -0.4 is 5.32 Å². The number of fused-ring (bicyclic) bond motifs is 1. The zero-order valence-electron chi connectivity index (χ0n) is 19.4. The van der Waals surface area contributed by atoms with Crippen molar-refractivity contribution in [2.45, 2.75) is 32.7 Å². The van der Waals surface area contributed by atoms with Gasteiger partial charge in [-0.1, -0.05) is 80.1 Å². The predicted molar refractivity (Wildman–Crippen MR) is 140 cm³/mol. The van der Waals surface area contributed by atoms with Crippen LogP contribution in [-0.4, -0.2) is 31.3 Å². The fraction of sp³-hybridized carbons (Fsp3) is 0.250. The first-order valence-corrected chi connectivity index (χ1v) is 11.4. The molecular weight excluding hydrogens is 414 g/mol. The number of rotatable bonds is 5. The van der Waals surface area contributed by atoms with Gasteiger partial charge in [-0.15, -0.1) is 0 Å². The summed E-state index contributed by atoms with van der Waals surface area (Å²) in [5.74, 6) is 0. The molecule has 0 spiro atoms. The number of halogens is 1. The number of hydrogen-bond donors (Lipinski definition) is 1. The molecule has 0 saturated carbocycles. The summed E-state index contributed by atoms with van der Waals surface area (Å²) in [5, 5.41) is 3.49. The number of hydrogen-bond acceptors (Lipinski definition) is 3. The molecule has 4 heteroatoms. The molecule has 2 aromatic rings. The van der Waals surface area contributed by atoms with E-state index in [-0.39, 0.29) is 6.04 Å². The van der Waals surface area contributed by atoms with Crippen LogP contribution in [0.15, 0.2) is 94.8 Å². The van der Waals surface area contributed by atoms with E-state index < -0.39 is 0 Å². The number of aliphatic imine (C=N–C) groups is 1. The third-order valence-corrected chi connectivity index (χ3v) is 6.28. The van der Waals surface area contributed by atoms with E-state index in [0.717, 1.165) is 28.3 Å². The number of benzene rings is 2. The Bertz CT molecular complexity index is 1060. The molecule has 2 aromatic carbocycles. The van der Waals surface area contributed by atoms with Crippen LogP contribution in [0, 0.1) is 0 Å². The molecular formula is C28H32ClN3. The molecule has 1 unspecified atom stereocenters. The Kier molecular flexibility index (Phi) is 8.13. The normalized spacial score (nSPS) is 17.0. The maximum Gasteiger partial charge on any atom is 0.0759 e. The molecule has 0 radical (unpaired) electrons. The van der Waals surface area contributed by atoms with Crippen molar-refractivity contribution in [3.05, 3.63) is 101 Å². The maximum absolute atomic E-state index is 6.78. The van der Waals surface area contributed by atoms with Gasteiger partial charge in [0, 0.05) is 32.1 Å². The molecule has 1 N–H and O–H groups in total. The Morgan fingerprint density at radius 1 is 1.06 bits per heavy atom. The minimum absolute atomic E-state index is 0.181. The lowest BCUT2D eigenvalue weighted by Crippen LogP contribution is -2.36. The molecule has 0 aromatic heterocycles. The summed E-state index contributed by atoms with van der Waals surface area (Å²) in [7, 11) is 3.91. The summed E-state index contributed by atoms with van der Waals surface area (Å²) in [5.41, 5.74) is 8.33. The molecule has 2 heterocycles. The van der Waals surface area contributed by atoms with Crippen LogP contribution in [0.5, 0.6) is 0 Å². The Morgan fingerprint density at radius 2 is 1.62 bits per heavy atom. The van der Waals surface area contributed by atoms with Gasteiger partial charge < -0.3 is 10.2 Å². The summed E-state index contributed by atoms with van der Waals surface area (Å²) < 4.78 is 0. The van der Waals surface area contributed by atoms with Crippen LogP contribution in [0.4, 0.5) is 0 Å². The van der Waals surface area contributed by atoms with E-state index in [0.29, 0.717) is 0 Å². The summed E-state index contributed by atoms with van der Waals surface area (Å²) >= 11 is 6.78. The molecule has 2 aliphatic heterocycles. The van der Waals surface area contributed by atoms with E-state index >= 15 is 0 Å². The van der Waals surface area contributed by atoms with Gasteiger partial charge in [0.25, 0.3) is 0 Å². The van der Waals surface area contributed by atoms with Crippen molar-refractivity contribution in [3.8, 4) is 11.1 Å². The van der Waals surface area contributed by atoms with Crippen LogP contribution in [-0.2, 0) is 6.42 Å². The third-order valence-electron chi connectivity index (χ3n) is 5.82. The molecule has 0 amide bonds. The van der Waals surface area contributed by atoms with Crippen LogP contribution in [0.2, 0.25) is 0 Å². The van der Waals surface area contributed by atoms with Gasteiger partial charge >= 0.3 is 0 Å². The second kappa shape index (κ2) is 11.0. The number of allylic oxidation sites excluding steroid dienone is 2. The van der Waals surface area contributed by atoms with E-state index in [4.69, 9.17) is 11.6 Å². The molecule has 0 aliphatic carbocycles. The van der Waals surface area contributed by atoms with Crippen molar-refractivity contribution in [1.29, 1.82) is 0 Å². The highest BCUT2D eigenvalue weighted by atomic mass is 35.5. The quantitative estimate of drug-likeness (QED) is 0.548. The minimum atomic E-state index is 0.181. The lowest BCUT2D eigenvalue weighted by molar-refractivity contribution is 0.444. The van der Waals surface area contributed by atoms with Crippen molar-refractivity contribution >= 4 is 23.5 Å². The smallest absolute Gasteiger partial charge is 0.0759 e. The molecule has 166 valence electrons. The Balaban J connectivity index is 0.000000668.